The minimum absolute atomic E-state index is 0.576. The molecule has 0 saturated heterocycles. The minimum Gasteiger partial charge on any atom is -0.309 e. The van der Waals surface area contributed by atoms with Crippen molar-refractivity contribution in [2.24, 2.45) is 0 Å². The van der Waals surface area contributed by atoms with Crippen LogP contribution >= 0.6 is 0 Å². The van der Waals surface area contributed by atoms with Crippen LogP contribution in [0.1, 0.15) is 11.1 Å². The zero-order valence-electron chi connectivity index (χ0n) is 38.1. The summed E-state index contributed by atoms with van der Waals surface area (Å²) >= 11 is 0. The second-order valence-electron chi connectivity index (χ2n) is 17.3. The Morgan fingerprint density at radius 1 is 0.296 bits per heavy atom. The average molecular weight is 906 g/mol. The van der Waals surface area contributed by atoms with Gasteiger partial charge in [0.1, 0.15) is 0 Å². The molecule has 0 aliphatic rings. The highest BCUT2D eigenvalue weighted by Gasteiger charge is 2.22. The largest absolute Gasteiger partial charge is 0.309 e. The van der Waals surface area contributed by atoms with Gasteiger partial charge >= 0.3 is 0 Å². The molecule has 330 valence electrons. The van der Waals surface area contributed by atoms with Crippen molar-refractivity contribution in [3.8, 4) is 108 Å². The molecule has 0 atom stereocenters. The third-order valence-corrected chi connectivity index (χ3v) is 12.9. The van der Waals surface area contributed by atoms with Crippen LogP contribution in [0.25, 0.3) is 118 Å². The minimum atomic E-state index is 0.576. The van der Waals surface area contributed by atoms with Gasteiger partial charge in [0.15, 0.2) is 11.6 Å². The van der Waals surface area contributed by atoms with Crippen LogP contribution in [0, 0.1) is 22.7 Å². The zero-order chi connectivity index (χ0) is 47.7. The summed E-state index contributed by atoms with van der Waals surface area (Å²) in [7, 11) is 0. The highest BCUT2D eigenvalue weighted by atomic mass is 15.0. The first-order valence-corrected chi connectivity index (χ1v) is 23.3. The van der Waals surface area contributed by atoms with Gasteiger partial charge in [-0.25, -0.2) is 19.9 Å². The maximum atomic E-state index is 9.64. The monoisotopic (exact) mass is 905 g/mol. The van der Waals surface area contributed by atoms with E-state index in [1.54, 1.807) is 0 Å². The average Bonchev–Trinajstić information content (AvgIpc) is 3.78. The summed E-state index contributed by atoms with van der Waals surface area (Å²) in [6, 6.07) is 84.5. The van der Waals surface area contributed by atoms with Crippen molar-refractivity contribution in [1.82, 2.24) is 24.5 Å². The highest BCUT2D eigenvalue weighted by Crippen LogP contribution is 2.42. The van der Waals surface area contributed by atoms with E-state index in [2.05, 4.69) is 120 Å². The Bertz CT molecular complexity index is 3790. The molecule has 3 heterocycles. The molecule has 0 radical (unpaired) electrons. The number of hydrogen-bond acceptors (Lipinski definition) is 6. The van der Waals surface area contributed by atoms with Crippen molar-refractivity contribution in [3.05, 3.63) is 248 Å². The molecule has 71 heavy (non-hydrogen) atoms. The molecule has 0 N–H and O–H groups in total. The topological polar surface area (TPSA) is 104 Å². The summed E-state index contributed by atoms with van der Waals surface area (Å²) in [6.45, 7) is 0. The van der Waals surface area contributed by atoms with Crippen molar-refractivity contribution in [2.45, 2.75) is 0 Å². The van der Waals surface area contributed by atoms with Crippen LogP contribution in [0.5, 0.6) is 0 Å². The van der Waals surface area contributed by atoms with Gasteiger partial charge in [0.05, 0.1) is 62.8 Å². The lowest BCUT2D eigenvalue weighted by Crippen LogP contribution is -2.02. The maximum Gasteiger partial charge on any atom is 0.160 e. The van der Waals surface area contributed by atoms with E-state index in [1.165, 1.54) is 0 Å². The fourth-order valence-electron chi connectivity index (χ4n) is 9.34. The molecular formula is C64H39N7. The Morgan fingerprint density at radius 3 is 1.10 bits per heavy atom. The third-order valence-electron chi connectivity index (χ3n) is 12.9. The highest BCUT2D eigenvalue weighted by molar-refractivity contribution is 6.11. The lowest BCUT2D eigenvalue weighted by Gasteiger charge is -2.18. The first-order chi connectivity index (χ1) is 35.1. The fraction of sp³-hybridized carbons (Fsp3) is 0. The van der Waals surface area contributed by atoms with Gasteiger partial charge in [-0.3, -0.25) is 0 Å². The SMILES string of the molecule is N#Cc1ccc(-c2ccc3c4ccc(-c5ccc(C#N)cc5)cc4n(-c4ccc(-c5nc(-c6ccccc6)cc(-c6ccccc6)n5)cc4-c4cc(-c5ccccc5)nc(-c5ccccc5)n4)c3c2)cc1. The quantitative estimate of drug-likeness (QED) is 0.143. The van der Waals surface area contributed by atoms with Crippen molar-refractivity contribution in [3.63, 3.8) is 0 Å². The van der Waals surface area contributed by atoms with Crippen LogP contribution in [0.4, 0.5) is 0 Å². The normalized spacial score (nSPS) is 11.1. The first-order valence-electron chi connectivity index (χ1n) is 23.3. The molecule has 3 aromatic heterocycles. The van der Waals surface area contributed by atoms with E-state index in [4.69, 9.17) is 19.9 Å². The summed E-state index contributed by atoms with van der Waals surface area (Å²) < 4.78 is 2.34. The summed E-state index contributed by atoms with van der Waals surface area (Å²) in [5.41, 5.74) is 16.7. The molecule has 0 aliphatic heterocycles. The summed E-state index contributed by atoms with van der Waals surface area (Å²) in [5.74, 6) is 1.17. The van der Waals surface area contributed by atoms with Crippen molar-refractivity contribution in [1.29, 1.82) is 10.5 Å². The molecule has 9 aromatic carbocycles. The predicted octanol–water partition coefficient (Wildman–Crippen LogP) is 15.4. The second-order valence-corrected chi connectivity index (χ2v) is 17.3. The Kier molecular flexibility index (Phi) is 10.8. The fourth-order valence-corrected chi connectivity index (χ4v) is 9.34. The standard InChI is InChI=1S/C64H39N7/c65-40-42-21-25-44(26-22-42)50-29-32-53-54-33-30-51(45-27-23-43(41-66)24-28-45)37-62(54)71(61(53)36-50)60-34-31-52(64-68-56(46-13-5-1-6-14-46)38-57(69-64)47-15-7-2-8-16-47)35-55(60)59-39-58(48-17-9-3-10-18-48)67-63(70-59)49-19-11-4-12-20-49/h1-39H. The molecule has 12 rings (SSSR count). The summed E-state index contributed by atoms with van der Waals surface area (Å²) in [6.07, 6.45) is 0. The third kappa shape index (κ3) is 8.16. The molecule has 7 nitrogen and oxygen atoms in total. The van der Waals surface area contributed by atoms with E-state index < -0.39 is 0 Å². The van der Waals surface area contributed by atoms with Crippen LogP contribution in [0.2, 0.25) is 0 Å². The molecule has 0 bridgehead atoms. The van der Waals surface area contributed by atoms with Crippen LogP contribution in [0.3, 0.4) is 0 Å². The molecular weight excluding hydrogens is 867 g/mol. The van der Waals surface area contributed by atoms with Crippen molar-refractivity contribution >= 4 is 21.8 Å². The molecule has 0 saturated carbocycles. The maximum absolute atomic E-state index is 9.64. The van der Waals surface area contributed by atoms with Crippen molar-refractivity contribution in [2.75, 3.05) is 0 Å². The Labute approximate surface area is 410 Å². The van der Waals surface area contributed by atoms with Gasteiger partial charge in [0.25, 0.3) is 0 Å². The summed E-state index contributed by atoms with van der Waals surface area (Å²) in [5, 5.41) is 21.4. The van der Waals surface area contributed by atoms with E-state index in [-0.39, 0.29) is 0 Å². The second kappa shape index (κ2) is 18.2. The number of nitrogens with zero attached hydrogens (tertiary/aromatic N) is 7. The molecule has 12 aromatic rings. The van der Waals surface area contributed by atoms with E-state index in [9.17, 15) is 10.5 Å². The van der Waals surface area contributed by atoms with Gasteiger partial charge in [-0.1, -0.05) is 170 Å². The van der Waals surface area contributed by atoms with Crippen LogP contribution in [0.15, 0.2) is 237 Å². The first kappa shape index (κ1) is 42.3. The van der Waals surface area contributed by atoms with Crippen molar-refractivity contribution < 1.29 is 0 Å². The van der Waals surface area contributed by atoms with Gasteiger partial charge in [-0.15, -0.1) is 0 Å². The lowest BCUT2D eigenvalue weighted by atomic mass is 10.0. The molecule has 0 aliphatic carbocycles. The Hall–Kier alpha value is -10.1. The molecule has 0 unspecified atom stereocenters. The Morgan fingerprint density at radius 2 is 0.662 bits per heavy atom. The van der Waals surface area contributed by atoms with E-state index in [1.807, 2.05) is 133 Å². The van der Waals surface area contributed by atoms with Crippen LogP contribution in [-0.2, 0) is 0 Å². The Balaban J connectivity index is 1.17. The van der Waals surface area contributed by atoms with Gasteiger partial charge in [0.2, 0.25) is 0 Å². The zero-order valence-corrected chi connectivity index (χ0v) is 38.1. The lowest BCUT2D eigenvalue weighted by molar-refractivity contribution is 1.14. The number of rotatable bonds is 9. The number of aromatic nitrogens is 5. The van der Waals surface area contributed by atoms with E-state index in [0.29, 0.717) is 22.8 Å². The number of hydrogen-bond donors (Lipinski definition) is 0. The number of benzene rings is 9. The molecule has 0 fully saturated rings. The van der Waals surface area contributed by atoms with E-state index in [0.717, 1.165) is 106 Å². The van der Waals surface area contributed by atoms with E-state index >= 15 is 0 Å². The van der Waals surface area contributed by atoms with Crippen LogP contribution < -0.4 is 0 Å². The summed E-state index contributed by atoms with van der Waals surface area (Å²) in [4.78, 5) is 21.2. The predicted molar refractivity (Wildman–Crippen MR) is 285 cm³/mol. The van der Waals surface area contributed by atoms with Gasteiger partial charge in [-0.2, -0.15) is 10.5 Å². The molecule has 0 spiro atoms. The molecule has 7 heteroatoms. The number of fused-ring (bicyclic) bond motifs is 3. The smallest absolute Gasteiger partial charge is 0.160 e. The molecule has 0 amide bonds. The van der Waals surface area contributed by atoms with Gasteiger partial charge in [0, 0.05) is 44.2 Å². The van der Waals surface area contributed by atoms with Gasteiger partial charge in [-0.05, 0) is 89.0 Å². The van der Waals surface area contributed by atoms with Gasteiger partial charge < -0.3 is 4.57 Å². The van der Waals surface area contributed by atoms with Crippen LogP contribution in [-0.4, -0.2) is 24.5 Å². The number of nitriles is 2.